The predicted molar refractivity (Wildman–Crippen MR) is 109 cm³/mol. The summed E-state index contributed by atoms with van der Waals surface area (Å²) in [5, 5.41) is 6.01. The Morgan fingerprint density at radius 2 is 1.83 bits per heavy atom. The van der Waals surface area contributed by atoms with E-state index in [2.05, 4.69) is 10.00 Å². The maximum Gasteiger partial charge on any atom is 0.248 e. The molecule has 5 fully saturated rings. The van der Waals surface area contributed by atoms with Gasteiger partial charge in [0.25, 0.3) is 0 Å². The highest BCUT2D eigenvalue weighted by atomic mass is 16.7. The Kier molecular flexibility index (Phi) is 4.44. The van der Waals surface area contributed by atoms with Gasteiger partial charge in [-0.1, -0.05) is 0 Å². The molecule has 7 rings (SSSR count). The zero-order valence-electron chi connectivity index (χ0n) is 17.7. The number of hydrogen-bond acceptors (Lipinski definition) is 4. The molecule has 7 heteroatoms. The maximum absolute atomic E-state index is 13.9. The number of nitrogens with zero attached hydrogens (tertiary/aromatic N) is 4. The van der Waals surface area contributed by atoms with Gasteiger partial charge in [0.2, 0.25) is 11.8 Å². The molecule has 0 aromatic carbocycles. The van der Waals surface area contributed by atoms with Crippen LogP contribution in [0.25, 0.3) is 0 Å². The van der Waals surface area contributed by atoms with Crippen molar-refractivity contribution in [3.63, 3.8) is 0 Å². The van der Waals surface area contributed by atoms with Crippen LogP contribution in [0.4, 0.5) is 0 Å². The van der Waals surface area contributed by atoms with Crippen molar-refractivity contribution in [2.24, 2.45) is 23.2 Å². The fourth-order valence-corrected chi connectivity index (χ4v) is 7.50. The van der Waals surface area contributed by atoms with Crippen LogP contribution < -0.4 is 0 Å². The second-order valence-electron chi connectivity index (χ2n) is 10.5. The van der Waals surface area contributed by atoms with Crippen molar-refractivity contribution in [3.8, 4) is 0 Å². The molecule has 0 radical (unpaired) electrons. The molecule has 4 aliphatic carbocycles. The van der Waals surface area contributed by atoms with Crippen molar-refractivity contribution >= 4 is 11.8 Å². The summed E-state index contributed by atoms with van der Waals surface area (Å²) < 4.78 is 1.96. The number of hydroxylamine groups is 2. The van der Waals surface area contributed by atoms with Crippen molar-refractivity contribution in [3.05, 3.63) is 18.0 Å². The summed E-state index contributed by atoms with van der Waals surface area (Å²) in [5.41, 5.74) is 0.901. The highest BCUT2D eigenvalue weighted by molar-refractivity contribution is 5.83. The predicted octanol–water partition coefficient (Wildman–Crippen LogP) is 2.93. The van der Waals surface area contributed by atoms with Gasteiger partial charge in [-0.3, -0.25) is 19.1 Å². The lowest BCUT2D eigenvalue weighted by Crippen LogP contribution is -2.56. The lowest BCUT2D eigenvalue weighted by atomic mass is 9.49. The zero-order valence-corrected chi connectivity index (χ0v) is 17.7. The summed E-state index contributed by atoms with van der Waals surface area (Å²) in [4.78, 5) is 34.4. The third-order valence-electron chi connectivity index (χ3n) is 8.35. The average molecular weight is 413 g/mol. The van der Waals surface area contributed by atoms with Crippen molar-refractivity contribution < 1.29 is 14.4 Å². The van der Waals surface area contributed by atoms with E-state index < -0.39 is 0 Å². The van der Waals surface area contributed by atoms with Crippen molar-refractivity contribution in [2.75, 3.05) is 19.7 Å². The van der Waals surface area contributed by atoms with Crippen molar-refractivity contribution in [1.29, 1.82) is 0 Å². The lowest BCUT2D eigenvalue weighted by Gasteiger charge is -2.57. The number of rotatable bonds is 3. The van der Waals surface area contributed by atoms with Crippen LogP contribution in [-0.2, 0) is 21.0 Å². The Morgan fingerprint density at radius 1 is 1.10 bits per heavy atom. The summed E-state index contributed by atoms with van der Waals surface area (Å²) in [6.07, 6.45) is 11.4. The molecule has 30 heavy (non-hydrogen) atoms. The molecule has 3 heterocycles. The van der Waals surface area contributed by atoms with Crippen LogP contribution in [0.1, 0.15) is 69.5 Å². The third kappa shape index (κ3) is 3.08. The molecule has 1 aromatic rings. The minimum Gasteiger partial charge on any atom is -0.334 e. The van der Waals surface area contributed by atoms with E-state index in [9.17, 15) is 9.59 Å². The standard InChI is InChI=1S/C23H32N4O3/c28-21(26-5-1-2-6-30-26)10-20-15-25(14-19-3-4-24-27(19)20)22(29)23-11-16-7-17(12-23)9-18(8-16)13-23/h3-4,16-18,20H,1-2,5-15H2. The molecular weight excluding hydrogens is 380 g/mol. The Balaban J connectivity index is 1.21. The largest absolute Gasteiger partial charge is 0.334 e. The van der Waals surface area contributed by atoms with Gasteiger partial charge in [0.1, 0.15) is 0 Å². The minimum absolute atomic E-state index is 0.00486. The molecule has 4 bridgehead atoms. The molecule has 0 N–H and O–H groups in total. The van der Waals surface area contributed by atoms with Crippen LogP contribution in [0.3, 0.4) is 0 Å². The van der Waals surface area contributed by atoms with Crippen molar-refractivity contribution in [2.45, 2.75) is 70.4 Å². The van der Waals surface area contributed by atoms with Gasteiger partial charge in [-0.2, -0.15) is 5.10 Å². The molecule has 1 unspecified atom stereocenters. The summed E-state index contributed by atoms with van der Waals surface area (Å²) in [7, 11) is 0. The van der Waals surface area contributed by atoms with Crippen LogP contribution in [0.15, 0.2) is 12.3 Å². The number of carbonyl (C=O) groups is 2. The van der Waals surface area contributed by atoms with Gasteiger partial charge in [-0.15, -0.1) is 0 Å². The molecule has 7 nitrogen and oxygen atoms in total. The average Bonchev–Trinajstić information content (AvgIpc) is 3.22. The van der Waals surface area contributed by atoms with Gasteiger partial charge < -0.3 is 4.90 Å². The highest BCUT2D eigenvalue weighted by Crippen LogP contribution is 2.60. The first-order chi connectivity index (χ1) is 14.6. The SMILES string of the molecule is O=C(CC1CN(C(=O)C23CC4CC(CC(C4)C2)C3)Cc2ccnn21)N1CCCCO1. The van der Waals surface area contributed by atoms with Gasteiger partial charge in [-0.05, 0) is 75.2 Å². The molecule has 1 atom stereocenters. The summed E-state index contributed by atoms with van der Waals surface area (Å²) >= 11 is 0. The van der Waals surface area contributed by atoms with Crippen molar-refractivity contribution in [1.82, 2.24) is 19.7 Å². The van der Waals surface area contributed by atoms with Crippen LogP contribution >= 0.6 is 0 Å². The summed E-state index contributed by atoms with van der Waals surface area (Å²) in [5.74, 6) is 2.61. The Bertz CT molecular complexity index is 808. The normalized spacial score (nSPS) is 37.3. The Hall–Kier alpha value is -1.89. The van der Waals surface area contributed by atoms with E-state index >= 15 is 0 Å². The summed E-state index contributed by atoms with van der Waals surface area (Å²) in [6, 6.07) is 1.88. The molecule has 1 aromatic heterocycles. The van der Waals surface area contributed by atoms with Gasteiger partial charge in [0.15, 0.2) is 0 Å². The molecule has 6 aliphatic rings. The van der Waals surface area contributed by atoms with E-state index in [1.807, 2.05) is 10.7 Å². The van der Waals surface area contributed by atoms with Crippen LogP contribution in [0.5, 0.6) is 0 Å². The van der Waals surface area contributed by atoms with E-state index in [4.69, 9.17) is 4.84 Å². The van der Waals surface area contributed by atoms with Crippen LogP contribution in [0, 0.1) is 23.2 Å². The first-order valence-electron chi connectivity index (χ1n) is 11.8. The second kappa shape index (κ2) is 7.08. The number of aromatic nitrogens is 2. The Labute approximate surface area is 177 Å². The van der Waals surface area contributed by atoms with Gasteiger partial charge >= 0.3 is 0 Å². The highest BCUT2D eigenvalue weighted by Gasteiger charge is 2.56. The first kappa shape index (κ1) is 18.8. The van der Waals surface area contributed by atoms with Crippen LogP contribution in [-0.4, -0.2) is 51.3 Å². The lowest BCUT2D eigenvalue weighted by molar-refractivity contribution is -0.198. The topological polar surface area (TPSA) is 67.7 Å². The second-order valence-corrected chi connectivity index (χ2v) is 10.5. The molecule has 2 aliphatic heterocycles. The summed E-state index contributed by atoms with van der Waals surface area (Å²) in [6.45, 7) is 2.47. The van der Waals surface area contributed by atoms with E-state index in [1.165, 1.54) is 24.3 Å². The first-order valence-corrected chi connectivity index (χ1v) is 11.8. The number of hydrogen-bond donors (Lipinski definition) is 0. The molecule has 4 saturated carbocycles. The number of carbonyl (C=O) groups excluding carboxylic acids is 2. The minimum atomic E-state index is -0.137. The van der Waals surface area contributed by atoms with E-state index in [0.29, 0.717) is 38.6 Å². The fraction of sp³-hybridized carbons (Fsp3) is 0.783. The molecule has 0 spiro atoms. The van der Waals surface area contributed by atoms with E-state index in [1.54, 1.807) is 6.20 Å². The number of fused-ring (bicyclic) bond motifs is 1. The maximum atomic E-state index is 13.9. The molecule has 162 valence electrons. The Morgan fingerprint density at radius 3 is 2.50 bits per heavy atom. The van der Waals surface area contributed by atoms with E-state index in [0.717, 1.165) is 55.6 Å². The van der Waals surface area contributed by atoms with Gasteiger partial charge in [0, 0.05) is 19.3 Å². The monoisotopic (exact) mass is 412 g/mol. The molecule has 2 amide bonds. The fourth-order valence-electron chi connectivity index (χ4n) is 7.50. The van der Waals surface area contributed by atoms with Crippen LogP contribution in [0.2, 0.25) is 0 Å². The molecular formula is C23H32N4O3. The smallest absolute Gasteiger partial charge is 0.248 e. The quantitative estimate of drug-likeness (QED) is 0.766. The zero-order chi connectivity index (χ0) is 20.3. The molecule has 1 saturated heterocycles. The van der Waals surface area contributed by atoms with Gasteiger partial charge in [-0.25, -0.2) is 5.06 Å². The third-order valence-corrected chi connectivity index (χ3v) is 8.35. The van der Waals surface area contributed by atoms with E-state index in [-0.39, 0.29) is 17.4 Å². The number of amides is 2. The van der Waals surface area contributed by atoms with Gasteiger partial charge in [0.05, 0.1) is 36.7 Å².